The van der Waals surface area contributed by atoms with Crippen LogP contribution in [0.25, 0.3) is 0 Å². The maximum Gasteiger partial charge on any atom is 0.250 e. The van der Waals surface area contributed by atoms with E-state index < -0.39 is 0 Å². The largest absolute Gasteiger partial charge is 0.312 e. The molecule has 0 saturated carbocycles. The quantitative estimate of drug-likeness (QED) is 0.723. The Bertz CT molecular complexity index is 468. The molecule has 0 bridgehead atoms. The number of hydrogen-bond acceptors (Lipinski definition) is 2. The van der Waals surface area contributed by atoms with Gasteiger partial charge in [-0.3, -0.25) is 4.79 Å². The van der Waals surface area contributed by atoms with Gasteiger partial charge in [-0.05, 0) is 37.7 Å². The average Bonchev–Trinajstić information content (AvgIpc) is 2.75. The second-order valence-electron chi connectivity index (χ2n) is 4.26. The van der Waals surface area contributed by atoms with Crippen LogP contribution >= 0.6 is 0 Å². The van der Waals surface area contributed by atoms with Gasteiger partial charge in [0.25, 0.3) is 5.56 Å². The van der Waals surface area contributed by atoms with E-state index in [1.807, 2.05) is 10.6 Å². The summed E-state index contributed by atoms with van der Waals surface area (Å²) in [6.45, 7) is 0.768. The minimum Gasteiger partial charge on any atom is -0.312 e. The SMILES string of the molecule is N#CCCCCn1c2c(ccc1=O)CCC2. The standard InChI is InChI=1S/C13H16N2O/c14-9-2-1-3-10-15-12-6-4-5-11(12)7-8-13(15)16/h7-8H,1-6,10H2. The molecule has 0 saturated heterocycles. The summed E-state index contributed by atoms with van der Waals surface area (Å²) in [4.78, 5) is 11.7. The third-order valence-electron chi connectivity index (χ3n) is 3.17. The molecule has 1 heterocycles. The lowest BCUT2D eigenvalue weighted by Crippen LogP contribution is -2.22. The molecule has 0 radical (unpaired) electrons. The van der Waals surface area contributed by atoms with Gasteiger partial charge in [0.2, 0.25) is 0 Å². The van der Waals surface area contributed by atoms with E-state index in [1.165, 1.54) is 11.3 Å². The maximum absolute atomic E-state index is 11.7. The van der Waals surface area contributed by atoms with Gasteiger partial charge in [0.15, 0.2) is 0 Å². The maximum atomic E-state index is 11.7. The van der Waals surface area contributed by atoms with Crippen LogP contribution in [0, 0.1) is 11.3 Å². The van der Waals surface area contributed by atoms with Crippen LogP contribution in [0.2, 0.25) is 0 Å². The van der Waals surface area contributed by atoms with Crippen LogP contribution < -0.4 is 5.56 Å². The highest BCUT2D eigenvalue weighted by Gasteiger charge is 2.14. The zero-order valence-corrected chi connectivity index (χ0v) is 9.41. The summed E-state index contributed by atoms with van der Waals surface area (Å²) in [5.74, 6) is 0. The molecule has 1 aliphatic rings. The van der Waals surface area contributed by atoms with Crippen LogP contribution in [0.4, 0.5) is 0 Å². The Morgan fingerprint density at radius 2 is 2.19 bits per heavy atom. The number of fused-ring (bicyclic) bond motifs is 1. The molecule has 0 aliphatic heterocycles. The molecule has 0 atom stereocenters. The number of unbranched alkanes of at least 4 members (excludes halogenated alkanes) is 2. The first kappa shape index (κ1) is 10.9. The molecule has 1 aliphatic carbocycles. The predicted molar refractivity (Wildman–Crippen MR) is 62.2 cm³/mol. The molecule has 0 amide bonds. The fourth-order valence-corrected chi connectivity index (χ4v) is 2.35. The minimum absolute atomic E-state index is 0.109. The van der Waals surface area contributed by atoms with Gasteiger partial charge in [-0.25, -0.2) is 0 Å². The number of nitrogens with zero attached hydrogens (tertiary/aromatic N) is 2. The highest BCUT2D eigenvalue weighted by Crippen LogP contribution is 2.20. The van der Waals surface area contributed by atoms with Gasteiger partial charge in [-0.1, -0.05) is 6.07 Å². The predicted octanol–water partition coefficient (Wildman–Crippen LogP) is 2.03. The Morgan fingerprint density at radius 3 is 3.00 bits per heavy atom. The molecular weight excluding hydrogens is 200 g/mol. The number of aryl methyl sites for hydroxylation is 1. The Kier molecular flexibility index (Phi) is 3.40. The summed E-state index contributed by atoms with van der Waals surface area (Å²) in [6.07, 6.45) is 5.69. The van der Waals surface area contributed by atoms with Gasteiger partial charge in [-0.15, -0.1) is 0 Å². The summed E-state index contributed by atoms with van der Waals surface area (Å²) in [7, 11) is 0. The Balaban J connectivity index is 2.11. The normalized spacial score (nSPS) is 13.4. The van der Waals surface area contributed by atoms with Gasteiger partial charge in [0.05, 0.1) is 6.07 Å². The summed E-state index contributed by atoms with van der Waals surface area (Å²) >= 11 is 0. The number of nitriles is 1. The van der Waals surface area contributed by atoms with Crippen molar-refractivity contribution in [1.82, 2.24) is 4.57 Å². The fourth-order valence-electron chi connectivity index (χ4n) is 2.35. The Hall–Kier alpha value is -1.56. The molecular formula is C13H16N2O. The fraction of sp³-hybridized carbons (Fsp3) is 0.538. The monoisotopic (exact) mass is 216 g/mol. The molecule has 3 heteroatoms. The molecule has 0 fully saturated rings. The third-order valence-corrected chi connectivity index (χ3v) is 3.17. The first-order chi connectivity index (χ1) is 7.83. The van der Waals surface area contributed by atoms with Crippen LogP contribution in [0.1, 0.15) is 36.9 Å². The van der Waals surface area contributed by atoms with E-state index in [-0.39, 0.29) is 5.56 Å². The molecule has 0 unspecified atom stereocenters. The van der Waals surface area contributed by atoms with Crippen molar-refractivity contribution in [2.24, 2.45) is 0 Å². The van der Waals surface area contributed by atoms with Crippen LogP contribution in [0.5, 0.6) is 0 Å². The zero-order chi connectivity index (χ0) is 11.4. The van der Waals surface area contributed by atoms with Gasteiger partial charge >= 0.3 is 0 Å². The first-order valence-electron chi connectivity index (χ1n) is 5.91. The molecule has 2 rings (SSSR count). The van der Waals surface area contributed by atoms with E-state index in [9.17, 15) is 4.79 Å². The van der Waals surface area contributed by atoms with Crippen LogP contribution in [0.3, 0.4) is 0 Å². The van der Waals surface area contributed by atoms with E-state index in [4.69, 9.17) is 5.26 Å². The van der Waals surface area contributed by atoms with Crippen LogP contribution in [0.15, 0.2) is 16.9 Å². The molecule has 0 N–H and O–H groups in total. The molecule has 1 aromatic heterocycles. The van der Waals surface area contributed by atoms with E-state index in [2.05, 4.69) is 6.07 Å². The minimum atomic E-state index is 0.109. The second kappa shape index (κ2) is 4.98. The summed E-state index contributed by atoms with van der Waals surface area (Å²) < 4.78 is 1.90. The van der Waals surface area contributed by atoms with E-state index >= 15 is 0 Å². The number of pyridine rings is 1. The first-order valence-corrected chi connectivity index (χ1v) is 5.91. The van der Waals surface area contributed by atoms with Crippen molar-refractivity contribution in [2.45, 2.75) is 45.1 Å². The average molecular weight is 216 g/mol. The van der Waals surface area contributed by atoms with Gasteiger partial charge in [0.1, 0.15) is 0 Å². The molecule has 0 spiro atoms. The number of aromatic nitrogens is 1. The Labute approximate surface area is 95.3 Å². The smallest absolute Gasteiger partial charge is 0.250 e. The van der Waals surface area contributed by atoms with Crippen molar-refractivity contribution in [3.05, 3.63) is 33.7 Å². The highest BCUT2D eigenvalue weighted by molar-refractivity contribution is 5.25. The third kappa shape index (κ3) is 2.16. The van der Waals surface area contributed by atoms with Gasteiger partial charge in [0, 0.05) is 24.7 Å². The summed E-state index contributed by atoms with van der Waals surface area (Å²) in [5.41, 5.74) is 2.67. The lowest BCUT2D eigenvalue weighted by Gasteiger charge is -2.10. The van der Waals surface area contributed by atoms with Crippen molar-refractivity contribution in [2.75, 3.05) is 0 Å². The van der Waals surface area contributed by atoms with Crippen molar-refractivity contribution in [1.29, 1.82) is 5.26 Å². The number of hydrogen-bond donors (Lipinski definition) is 0. The van der Waals surface area contributed by atoms with E-state index in [0.717, 1.165) is 38.6 Å². The highest BCUT2D eigenvalue weighted by atomic mass is 16.1. The molecule has 3 nitrogen and oxygen atoms in total. The topological polar surface area (TPSA) is 45.8 Å². The summed E-state index contributed by atoms with van der Waals surface area (Å²) in [5, 5.41) is 8.45. The van der Waals surface area contributed by atoms with Crippen molar-refractivity contribution in [3.8, 4) is 6.07 Å². The van der Waals surface area contributed by atoms with Crippen molar-refractivity contribution < 1.29 is 0 Å². The lowest BCUT2D eigenvalue weighted by molar-refractivity contribution is 0.579. The van der Waals surface area contributed by atoms with E-state index in [0.29, 0.717) is 6.42 Å². The molecule has 0 aromatic carbocycles. The zero-order valence-electron chi connectivity index (χ0n) is 9.41. The van der Waals surface area contributed by atoms with Crippen molar-refractivity contribution >= 4 is 0 Å². The summed E-state index contributed by atoms with van der Waals surface area (Å²) in [6, 6.07) is 5.78. The lowest BCUT2D eigenvalue weighted by atomic mass is 10.2. The molecule has 1 aromatic rings. The molecule has 84 valence electrons. The van der Waals surface area contributed by atoms with Crippen LogP contribution in [-0.2, 0) is 19.4 Å². The van der Waals surface area contributed by atoms with Gasteiger partial charge < -0.3 is 4.57 Å². The number of rotatable bonds is 4. The molecule has 16 heavy (non-hydrogen) atoms. The Morgan fingerprint density at radius 1 is 1.31 bits per heavy atom. The van der Waals surface area contributed by atoms with E-state index in [1.54, 1.807) is 6.07 Å². The van der Waals surface area contributed by atoms with Crippen LogP contribution in [-0.4, -0.2) is 4.57 Å². The second-order valence-corrected chi connectivity index (χ2v) is 4.26. The van der Waals surface area contributed by atoms with Gasteiger partial charge in [-0.2, -0.15) is 5.26 Å². The van der Waals surface area contributed by atoms with Crippen molar-refractivity contribution in [3.63, 3.8) is 0 Å².